The molecule has 3 aromatic rings. The summed E-state index contributed by atoms with van der Waals surface area (Å²) in [6.07, 6.45) is 1.90. The molecular formula is C19H19N3O3. The molecular weight excluding hydrogens is 318 g/mol. The van der Waals surface area contributed by atoms with Crippen LogP contribution in [0.1, 0.15) is 17.3 Å². The third kappa shape index (κ3) is 3.33. The molecule has 2 amide bonds. The Hall–Kier alpha value is -3.28. The van der Waals surface area contributed by atoms with Crippen LogP contribution in [0.2, 0.25) is 0 Å². The number of anilines is 2. The third-order valence-corrected chi connectivity index (χ3v) is 3.96. The molecule has 1 heterocycles. The van der Waals surface area contributed by atoms with Gasteiger partial charge in [-0.05, 0) is 25.1 Å². The van der Waals surface area contributed by atoms with Crippen LogP contribution in [0, 0.1) is 0 Å². The molecule has 0 radical (unpaired) electrons. The third-order valence-electron chi connectivity index (χ3n) is 3.96. The molecule has 25 heavy (non-hydrogen) atoms. The van der Waals surface area contributed by atoms with Crippen molar-refractivity contribution < 1.29 is 14.3 Å². The number of fused-ring (bicyclic) bond motifs is 1. The van der Waals surface area contributed by atoms with Gasteiger partial charge in [0.15, 0.2) is 0 Å². The zero-order chi connectivity index (χ0) is 17.8. The highest BCUT2D eigenvalue weighted by atomic mass is 16.5. The number of benzene rings is 2. The molecule has 0 aliphatic rings. The van der Waals surface area contributed by atoms with E-state index in [1.54, 1.807) is 24.3 Å². The second-order valence-corrected chi connectivity index (χ2v) is 5.46. The van der Waals surface area contributed by atoms with Gasteiger partial charge in [0.25, 0.3) is 0 Å². The number of ether oxygens (including phenoxy) is 1. The summed E-state index contributed by atoms with van der Waals surface area (Å²) < 4.78 is 6.80. The summed E-state index contributed by atoms with van der Waals surface area (Å²) in [6.45, 7) is 2.85. The van der Waals surface area contributed by atoms with E-state index in [0.29, 0.717) is 16.9 Å². The summed E-state index contributed by atoms with van der Waals surface area (Å²) in [5.41, 5.74) is 2.46. The van der Waals surface area contributed by atoms with Gasteiger partial charge in [0.2, 0.25) is 0 Å². The summed E-state index contributed by atoms with van der Waals surface area (Å²) in [5.74, 6) is -0.501. The van der Waals surface area contributed by atoms with Crippen LogP contribution in [0.5, 0.6) is 0 Å². The first kappa shape index (κ1) is 16.6. The predicted octanol–water partition coefficient (Wildman–Crippen LogP) is 4.09. The molecule has 128 valence electrons. The number of carbonyl (C=O) groups is 2. The number of esters is 1. The second kappa shape index (κ2) is 7.09. The molecule has 0 bridgehead atoms. The Kier molecular flexibility index (Phi) is 4.70. The van der Waals surface area contributed by atoms with Crippen molar-refractivity contribution in [1.29, 1.82) is 0 Å². The van der Waals surface area contributed by atoms with E-state index >= 15 is 0 Å². The van der Waals surface area contributed by atoms with Gasteiger partial charge in [-0.1, -0.05) is 30.3 Å². The van der Waals surface area contributed by atoms with E-state index in [4.69, 9.17) is 4.74 Å². The minimum absolute atomic E-state index is 0.302. The fraction of sp³-hybridized carbons (Fsp3) is 0.158. The van der Waals surface area contributed by atoms with Gasteiger partial charge < -0.3 is 19.9 Å². The highest BCUT2D eigenvalue weighted by Gasteiger charge is 2.14. The lowest BCUT2D eigenvalue weighted by Crippen LogP contribution is -2.21. The van der Waals surface area contributed by atoms with Gasteiger partial charge in [0.05, 0.1) is 29.6 Å². The molecule has 0 aliphatic heterocycles. The number of hydrogen-bond acceptors (Lipinski definition) is 3. The van der Waals surface area contributed by atoms with Crippen LogP contribution in [-0.4, -0.2) is 23.7 Å². The molecule has 6 heteroatoms. The molecule has 0 saturated carbocycles. The quantitative estimate of drug-likeness (QED) is 0.704. The number of aryl methyl sites for hydroxylation is 1. The highest BCUT2D eigenvalue weighted by Crippen LogP contribution is 2.26. The van der Waals surface area contributed by atoms with Crippen LogP contribution in [0.3, 0.4) is 0 Å². The zero-order valence-corrected chi connectivity index (χ0v) is 14.1. The van der Waals surface area contributed by atoms with Gasteiger partial charge in [-0.25, -0.2) is 9.59 Å². The average molecular weight is 337 g/mol. The van der Waals surface area contributed by atoms with E-state index in [-0.39, 0.29) is 0 Å². The van der Waals surface area contributed by atoms with E-state index in [0.717, 1.165) is 17.4 Å². The Bertz CT molecular complexity index is 931. The highest BCUT2D eigenvalue weighted by molar-refractivity contribution is 6.08. The molecule has 3 rings (SSSR count). The first-order valence-electron chi connectivity index (χ1n) is 7.97. The lowest BCUT2D eigenvalue weighted by Gasteiger charge is -2.10. The molecule has 2 aromatic carbocycles. The maximum Gasteiger partial charge on any atom is 0.339 e. The average Bonchev–Trinajstić information content (AvgIpc) is 2.99. The van der Waals surface area contributed by atoms with E-state index in [2.05, 4.69) is 15.2 Å². The maximum atomic E-state index is 12.4. The van der Waals surface area contributed by atoms with Gasteiger partial charge in [0.1, 0.15) is 0 Å². The first-order valence-corrected chi connectivity index (χ1v) is 7.97. The minimum Gasteiger partial charge on any atom is -0.465 e. The smallest absolute Gasteiger partial charge is 0.339 e. The molecule has 0 aliphatic carbocycles. The summed E-state index contributed by atoms with van der Waals surface area (Å²) >= 11 is 0. The van der Waals surface area contributed by atoms with Crippen LogP contribution in [0.25, 0.3) is 10.9 Å². The number of aromatic nitrogens is 1. The Morgan fingerprint density at radius 2 is 1.68 bits per heavy atom. The van der Waals surface area contributed by atoms with Gasteiger partial charge in [-0.2, -0.15) is 0 Å². The van der Waals surface area contributed by atoms with Crippen molar-refractivity contribution in [3.63, 3.8) is 0 Å². The molecule has 0 unspecified atom stereocenters. The van der Waals surface area contributed by atoms with Crippen molar-refractivity contribution >= 4 is 34.3 Å². The van der Waals surface area contributed by atoms with Crippen LogP contribution >= 0.6 is 0 Å². The van der Waals surface area contributed by atoms with E-state index < -0.39 is 12.0 Å². The van der Waals surface area contributed by atoms with E-state index in [1.807, 2.05) is 37.4 Å². The number of nitrogens with zero attached hydrogens (tertiary/aromatic N) is 1. The number of carbonyl (C=O) groups excluding carboxylic acids is 2. The van der Waals surface area contributed by atoms with Gasteiger partial charge in [0, 0.05) is 18.1 Å². The number of urea groups is 1. The molecule has 6 nitrogen and oxygen atoms in total. The summed E-state index contributed by atoms with van der Waals surface area (Å²) in [6, 6.07) is 14.1. The Labute approximate surface area is 145 Å². The SMILES string of the molecule is CCn1cc(NC(=O)Nc2ccccc2C(=O)OC)c2ccccc21. The van der Waals surface area contributed by atoms with Crippen molar-refractivity contribution in [3.05, 3.63) is 60.3 Å². The normalized spacial score (nSPS) is 10.5. The van der Waals surface area contributed by atoms with Gasteiger partial charge in [-0.15, -0.1) is 0 Å². The minimum atomic E-state index is -0.501. The lowest BCUT2D eigenvalue weighted by molar-refractivity contribution is 0.0602. The second-order valence-electron chi connectivity index (χ2n) is 5.46. The van der Waals surface area contributed by atoms with Crippen molar-refractivity contribution in [3.8, 4) is 0 Å². The van der Waals surface area contributed by atoms with Crippen molar-refractivity contribution in [2.45, 2.75) is 13.5 Å². The Morgan fingerprint density at radius 3 is 2.44 bits per heavy atom. The molecule has 0 fully saturated rings. The first-order chi connectivity index (χ1) is 12.1. The Morgan fingerprint density at radius 1 is 1.00 bits per heavy atom. The number of nitrogens with one attached hydrogen (secondary N) is 2. The number of amides is 2. The summed E-state index contributed by atoms with van der Waals surface area (Å²) in [5, 5.41) is 6.51. The maximum absolute atomic E-state index is 12.4. The van der Waals surface area contributed by atoms with Gasteiger partial charge in [-0.3, -0.25) is 0 Å². The fourth-order valence-electron chi connectivity index (χ4n) is 2.76. The zero-order valence-electron chi connectivity index (χ0n) is 14.1. The standard InChI is InChI=1S/C19H19N3O3/c1-3-22-12-16(13-8-5-7-11-17(13)22)21-19(24)20-15-10-6-4-9-14(15)18(23)25-2/h4-12H,3H2,1-2H3,(H2,20,21,24). The predicted molar refractivity (Wildman–Crippen MR) is 98.0 cm³/mol. The number of rotatable bonds is 4. The summed E-state index contributed by atoms with van der Waals surface area (Å²) in [7, 11) is 1.30. The molecule has 2 N–H and O–H groups in total. The van der Waals surface area contributed by atoms with Crippen molar-refractivity contribution in [2.75, 3.05) is 17.7 Å². The monoisotopic (exact) mass is 337 g/mol. The topological polar surface area (TPSA) is 72.4 Å². The molecule has 0 saturated heterocycles. The van der Waals surface area contributed by atoms with Crippen LogP contribution in [-0.2, 0) is 11.3 Å². The Balaban J connectivity index is 1.84. The van der Waals surface area contributed by atoms with Crippen molar-refractivity contribution in [1.82, 2.24) is 4.57 Å². The van der Waals surface area contributed by atoms with Crippen molar-refractivity contribution in [2.24, 2.45) is 0 Å². The largest absolute Gasteiger partial charge is 0.465 e. The van der Waals surface area contributed by atoms with Gasteiger partial charge >= 0.3 is 12.0 Å². The number of methoxy groups -OCH3 is 1. The van der Waals surface area contributed by atoms with E-state index in [9.17, 15) is 9.59 Å². The molecule has 0 atom stereocenters. The number of para-hydroxylation sites is 2. The van der Waals surface area contributed by atoms with Crippen LogP contribution in [0.15, 0.2) is 54.7 Å². The summed E-state index contributed by atoms with van der Waals surface area (Å²) in [4.78, 5) is 24.2. The molecule has 0 spiro atoms. The van der Waals surface area contributed by atoms with Crippen LogP contribution < -0.4 is 10.6 Å². The fourth-order valence-corrected chi connectivity index (χ4v) is 2.76. The molecule has 1 aromatic heterocycles. The number of hydrogen-bond donors (Lipinski definition) is 2. The van der Waals surface area contributed by atoms with E-state index in [1.165, 1.54) is 7.11 Å². The van der Waals surface area contributed by atoms with Crippen LogP contribution in [0.4, 0.5) is 16.2 Å². The lowest BCUT2D eigenvalue weighted by atomic mass is 10.2.